The molecule has 0 fully saturated rings. The molecule has 0 saturated carbocycles. The number of carboxylic acid groups (broad SMARTS) is 1. The number of carbonyl (C=O) groups is 2. The smallest absolute Gasteiger partial charge is 0.360 e. The maximum atomic E-state index is 10.9. The Bertz CT molecular complexity index is 365. The van der Waals surface area contributed by atoms with Crippen molar-refractivity contribution in [2.45, 2.75) is 0 Å². The number of carboxylic acids is 1. The maximum absolute atomic E-state index is 10.9. The number of carbonyl (C=O) groups excluding carboxylic acids is 1. The monoisotopic (exact) mass is 278 g/mol. The second kappa shape index (κ2) is 4.20. The highest BCUT2D eigenvalue weighted by Gasteiger charge is 2.29. The van der Waals surface area contributed by atoms with Crippen molar-refractivity contribution in [1.29, 1.82) is 0 Å². The fraction of sp³-hybridized carbons (Fsp3) is 0.250. The molecule has 0 aromatic carbocycles. The zero-order valence-corrected chi connectivity index (χ0v) is 9.84. The van der Waals surface area contributed by atoms with Crippen LogP contribution in [0, 0.1) is 0 Å². The average molecular weight is 279 g/mol. The van der Waals surface area contributed by atoms with Gasteiger partial charge in [0.15, 0.2) is 11.5 Å². The molecule has 0 saturated heterocycles. The van der Waals surface area contributed by atoms with E-state index in [1.54, 1.807) is 19.2 Å². The molecule has 4 nitrogen and oxygen atoms in total. The van der Waals surface area contributed by atoms with Gasteiger partial charge in [-0.1, -0.05) is 11.3 Å². The van der Waals surface area contributed by atoms with Gasteiger partial charge in [0.25, 0.3) is 0 Å². The van der Waals surface area contributed by atoms with E-state index in [-0.39, 0.29) is 11.0 Å². The average Bonchev–Trinajstić information content (AvgIpc) is 2.51. The molecule has 1 atom stereocenters. The number of likely N-dealkylation sites (N-methyl/N-ethyl adjacent to an activating group) is 1. The third-order valence-electron chi connectivity index (χ3n) is 1.76. The van der Waals surface area contributed by atoms with E-state index >= 15 is 0 Å². The topological polar surface area (TPSA) is 54.4 Å². The molecule has 1 unspecified atom stereocenters. The van der Waals surface area contributed by atoms with Crippen molar-refractivity contribution >= 4 is 44.6 Å². The third-order valence-corrected chi connectivity index (χ3v) is 3.60. The van der Waals surface area contributed by atoms with Gasteiger partial charge in [0.05, 0.1) is 10.8 Å². The molecule has 76 valence electrons. The first-order chi connectivity index (χ1) is 6.48. The fourth-order valence-electron chi connectivity index (χ4n) is 1.03. The van der Waals surface area contributed by atoms with E-state index < -0.39 is 5.97 Å². The first-order valence-electron chi connectivity index (χ1n) is 3.77. The molecule has 0 radical (unpaired) electrons. The third kappa shape index (κ3) is 2.40. The summed E-state index contributed by atoms with van der Waals surface area (Å²) in [6.45, 7) is -0.240. The van der Waals surface area contributed by atoms with E-state index in [1.807, 2.05) is 0 Å². The first-order valence-corrected chi connectivity index (χ1v) is 5.38. The lowest BCUT2D eigenvalue weighted by molar-refractivity contribution is -0.139. The van der Waals surface area contributed by atoms with E-state index in [9.17, 15) is 9.59 Å². The second-order valence-corrected chi connectivity index (χ2v) is 5.44. The Morgan fingerprint density at radius 2 is 2.36 bits per heavy atom. The van der Waals surface area contributed by atoms with Gasteiger partial charge in [-0.15, -0.1) is 0 Å². The molecule has 1 rings (SSSR count). The number of thiophene rings is 1. The standard InChI is InChI=1S/C8H8BrNO3S/c1-10(5-11,4-8(12)13)7-3-2-6(9)14-7/h2-3,5H,4H2,1H3/p+1. The highest BCUT2D eigenvalue weighted by Crippen LogP contribution is 2.32. The van der Waals surface area contributed by atoms with Crippen molar-refractivity contribution in [2.24, 2.45) is 0 Å². The summed E-state index contributed by atoms with van der Waals surface area (Å²) in [5.41, 5.74) is 0. The van der Waals surface area contributed by atoms with Gasteiger partial charge in [-0.05, 0) is 22.0 Å². The van der Waals surface area contributed by atoms with Crippen molar-refractivity contribution in [3.05, 3.63) is 15.9 Å². The summed E-state index contributed by atoms with van der Waals surface area (Å²) in [5, 5.41) is 9.37. The number of aliphatic carboxylic acids is 1. The van der Waals surface area contributed by atoms with Crippen LogP contribution in [0.1, 0.15) is 0 Å². The number of halogens is 1. The van der Waals surface area contributed by atoms with Crippen molar-refractivity contribution in [2.75, 3.05) is 13.6 Å². The Kier molecular flexibility index (Phi) is 3.41. The van der Waals surface area contributed by atoms with E-state index in [4.69, 9.17) is 5.11 Å². The Balaban J connectivity index is 3.00. The van der Waals surface area contributed by atoms with Gasteiger partial charge in [0, 0.05) is 6.07 Å². The summed E-state index contributed by atoms with van der Waals surface area (Å²) < 4.78 is 0.648. The number of amides is 1. The summed E-state index contributed by atoms with van der Waals surface area (Å²) in [6.07, 6.45) is 0.631. The van der Waals surface area contributed by atoms with Crippen molar-refractivity contribution in [1.82, 2.24) is 4.48 Å². The second-order valence-electron chi connectivity index (χ2n) is 3.00. The Morgan fingerprint density at radius 1 is 1.71 bits per heavy atom. The predicted molar refractivity (Wildman–Crippen MR) is 58.3 cm³/mol. The molecule has 0 aliphatic heterocycles. The van der Waals surface area contributed by atoms with Crippen molar-refractivity contribution < 1.29 is 14.7 Å². The van der Waals surface area contributed by atoms with E-state index in [2.05, 4.69) is 15.9 Å². The summed E-state index contributed by atoms with van der Waals surface area (Å²) in [6, 6.07) is 3.54. The highest BCUT2D eigenvalue weighted by molar-refractivity contribution is 9.11. The molecular weight excluding hydrogens is 270 g/mol. The number of hydrogen-bond acceptors (Lipinski definition) is 3. The van der Waals surface area contributed by atoms with Crippen LogP contribution in [0.5, 0.6) is 0 Å². The summed E-state index contributed by atoms with van der Waals surface area (Å²) in [7, 11) is 1.57. The lowest BCUT2D eigenvalue weighted by atomic mass is 10.4. The quantitative estimate of drug-likeness (QED) is 0.674. The van der Waals surface area contributed by atoms with Crippen LogP contribution in [0.4, 0.5) is 5.00 Å². The molecule has 1 heterocycles. The van der Waals surface area contributed by atoms with Crippen LogP contribution < -0.4 is 4.48 Å². The largest absolute Gasteiger partial charge is 0.477 e. The minimum atomic E-state index is -0.996. The number of nitrogens with zero attached hydrogens (tertiary/aromatic N) is 1. The molecular formula is C8H9BrNO3S+. The molecule has 0 bridgehead atoms. The van der Waals surface area contributed by atoms with Crippen LogP contribution in [0.3, 0.4) is 0 Å². The summed E-state index contributed by atoms with van der Waals surface area (Å²) >= 11 is 4.62. The lowest BCUT2D eigenvalue weighted by Crippen LogP contribution is -2.47. The van der Waals surface area contributed by atoms with E-state index in [0.29, 0.717) is 11.4 Å². The molecule has 0 aliphatic rings. The molecule has 0 spiro atoms. The van der Waals surface area contributed by atoms with Gasteiger partial charge in [0.1, 0.15) is 0 Å². The van der Waals surface area contributed by atoms with Crippen LogP contribution in [-0.4, -0.2) is 31.1 Å². The van der Waals surface area contributed by atoms with Crippen LogP contribution in [0.25, 0.3) is 0 Å². The van der Waals surface area contributed by atoms with Crippen LogP contribution in [0.2, 0.25) is 0 Å². The molecule has 1 aromatic heterocycles. The van der Waals surface area contributed by atoms with Crippen LogP contribution >= 0.6 is 27.3 Å². The van der Waals surface area contributed by atoms with Crippen LogP contribution in [0.15, 0.2) is 15.9 Å². The van der Waals surface area contributed by atoms with Gasteiger partial charge in [-0.2, -0.15) is 0 Å². The van der Waals surface area contributed by atoms with Gasteiger partial charge in [-0.25, -0.2) is 14.1 Å². The maximum Gasteiger partial charge on any atom is 0.360 e. The fourth-order valence-corrected chi connectivity index (χ4v) is 2.45. The van der Waals surface area contributed by atoms with Crippen LogP contribution in [-0.2, 0) is 9.59 Å². The van der Waals surface area contributed by atoms with E-state index in [0.717, 1.165) is 3.79 Å². The molecule has 1 aromatic rings. The minimum Gasteiger partial charge on any atom is -0.477 e. The van der Waals surface area contributed by atoms with Gasteiger partial charge in [-0.3, -0.25) is 0 Å². The molecule has 14 heavy (non-hydrogen) atoms. The molecule has 6 heteroatoms. The van der Waals surface area contributed by atoms with Crippen molar-refractivity contribution in [3.8, 4) is 0 Å². The zero-order chi connectivity index (χ0) is 10.8. The summed E-state index contributed by atoms with van der Waals surface area (Å²) in [5.74, 6) is -0.996. The molecule has 0 aliphatic carbocycles. The predicted octanol–water partition coefficient (Wildman–Crippen LogP) is 1.69. The first kappa shape index (κ1) is 11.4. The number of quaternary nitrogens is 1. The van der Waals surface area contributed by atoms with Gasteiger partial charge < -0.3 is 5.11 Å². The Hall–Kier alpha value is -0.720. The minimum absolute atomic E-state index is 0.231. The SMILES string of the molecule is C[N+](C=O)(CC(=O)O)c1ccc(Br)s1. The number of hydrogen-bond donors (Lipinski definition) is 1. The lowest BCUT2D eigenvalue weighted by Gasteiger charge is -2.21. The Morgan fingerprint density at radius 3 is 2.71 bits per heavy atom. The van der Waals surface area contributed by atoms with Crippen molar-refractivity contribution in [3.63, 3.8) is 0 Å². The molecule has 1 N–H and O–H groups in total. The Labute approximate surface area is 93.5 Å². The highest BCUT2D eigenvalue weighted by atomic mass is 79.9. The summed E-state index contributed by atoms with van der Waals surface area (Å²) in [4.78, 5) is 21.4. The number of rotatable bonds is 4. The molecule has 1 amide bonds. The van der Waals surface area contributed by atoms with Gasteiger partial charge >= 0.3 is 12.4 Å². The van der Waals surface area contributed by atoms with E-state index in [1.165, 1.54) is 11.3 Å². The zero-order valence-electron chi connectivity index (χ0n) is 7.44. The van der Waals surface area contributed by atoms with Gasteiger partial charge in [0.2, 0.25) is 0 Å². The normalized spacial score (nSPS) is 14.7.